The maximum Gasteiger partial charge on any atom is 0.343 e. The largest absolute Gasteiger partial charge is 0.415 e. The summed E-state index contributed by atoms with van der Waals surface area (Å²) < 4.78 is 65.3. The van der Waals surface area contributed by atoms with Crippen LogP contribution in [0.15, 0.2) is 47.4 Å². The molecular weight excluding hydrogens is 367 g/mol. The highest BCUT2D eigenvalue weighted by Gasteiger charge is 2.27. The van der Waals surface area contributed by atoms with Crippen LogP contribution in [0.3, 0.4) is 0 Å². The zero-order valence-electron chi connectivity index (χ0n) is 12.1. The average Bonchev–Trinajstić information content (AvgIpc) is 2.54. The number of hydrogen-bond acceptors (Lipinski definition) is 6. The first-order valence-electron chi connectivity index (χ1n) is 6.41. The summed E-state index contributed by atoms with van der Waals surface area (Å²) >= 11 is 0. The number of nitrogens with zero attached hydrogens (tertiary/aromatic N) is 1. The van der Waals surface area contributed by atoms with E-state index in [1.54, 1.807) is 0 Å². The number of carbonyl (C=O) groups is 1. The third-order valence-electron chi connectivity index (χ3n) is 2.97. The van der Waals surface area contributed by atoms with Crippen LogP contribution in [-0.4, -0.2) is 25.1 Å². The summed E-state index contributed by atoms with van der Waals surface area (Å²) in [6.07, 6.45) is 0. The van der Waals surface area contributed by atoms with Gasteiger partial charge in [0.1, 0.15) is 5.82 Å². The molecule has 2 rings (SSSR count). The van der Waals surface area contributed by atoms with Gasteiger partial charge in [-0.3, -0.25) is 10.1 Å². The second-order valence-electron chi connectivity index (χ2n) is 4.59. The number of nitro benzene ring substituents is 1. The Morgan fingerprint density at radius 3 is 2.24 bits per heavy atom. The first-order valence-corrected chi connectivity index (χ1v) is 7.96. The van der Waals surface area contributed by atoms with Gasteiger partial charge in [-0.25, -0.2) is 17.6 Å². The van der Waals surface area contributed by atoms with Crippen LogP contribution in [0.1, 0.15) is 10.4 Å². The second-order valence-corrected chi connectivity index (χ2v) is 6.51. The van der Waals surface area contributed by atoms with Crippen molar-refractivity contribution < 1.29 is 36.0 Å². The van der Waals surface area contributed by atoms with Crippen molar-refractivity contribution in [2.45, 2.75) is 10.7 Å². The number of halogens is 3. The van der Waals surface area contributed by atoms with Gasteiger partial charge in [0.2, 0.25) is 15.6 Å². The van der Waals surface area contributed by atoms with Crippen LogP contribution in [0.5, 0.6) is 5.75 Å². The highest BCUT2D eigenvalue weighted by atomic mass is 32.2. The van der Waals surface area contributed by atoms with Crippen molar-refractivity contribution >= 4 is 21.5 Å². The number of esters is 1. The number of hydrogen-bond donors (Lipinski definition) is 0. The minimum Gasteiger partial charge on any atom is -0.415 e. The van der Waals surface area contributed by atoms with Crippen LogP contribution in [-0.2, 0) is 9.84 Å². The van der Waals surface area contributed by atoms with Gasteiger partial charge in [0, 0.05) is 12.1 Å². The van der Waals surface area contributed by atoms with Crippen LogP contribution >= 0.6 is 0 Å². The predicted molar refractivity (Wildman–Crippen MR) is 77.6 cm³/mol. The quantitative estimate of drug-likeness (QED) is 0.344. The monoisotopic (exact) mass is 375 g/mol. The van der Waals surface area contributed by atoms with Crippen molar-refractivity contribution in [3.63, 3.8) is 0 Å². The smallest absolute Gasteiger partial charge is 0.343 e. The van der Waals surface area contributed by atoms with Crippen LogP contribution in [0.2, 0.25) is 0 Å². The maximum absolute atomic E-state index is 13.2. The fraction of sp³-hybridized carbons (Fsp3) is 0.0714. The molecule has 0 aliphatic carbocycles. The van der Waals surface area contributed by atoms with Gasteiger partial charge in [-0.15, -0.1) is 0 Å². The van der Waals surface area contributed by atoms with Gasteiger partial charge in [0.25, 0.3) is 0 Å². The summed E-state index contributed by atoms with van der Waals surface area (Å²) in [5, 5.41) is 10.8. The number of alkyl halides is 2. The van der Waals surface area contributed by atoms with Gasteiger partial charge in [-0.1, -0.05) is 0 Å². The Balaban J connectivity index is 2.28. The Bertz CT molecular complexity index is 928. The molecule has 2 aromatic carbocycles. The Morgan fingerprint density at radius 2 is 1.72 bits per heavy atom. The Morgan fingerprint density at radius 1 is 1.12 bits per heavy atom. The molecule has 2 aromatic rings. The minimum absolute atomic E-state index is 0.272. The SMILES string of the molecule is O=C(Oc1cc(F)ccc1[N+](=O)[O-])c1ccc(S(=O)(=O)C(F)F)cc1. The fourth-order valence-corrected chi connectivity index (χ4v) is 2.48. The van der Waals surface area contributed by atoms with Gasteiger partial charge in [-0.05, 0) is 30.3 Å². The lowest BCUT2D eigenvalue weighted by Gasteiger charge is -2.06. The van der Waals surface area contributed by atoms with Crippen LogP contribution in [0, 0.1) is 15.9 Å². The van der Waals surface area contributed by atoms with Gasteiger partial charge in [0.05, 0.1) is 15.4 Å². The molecule has 25 heavy (non-hydrogen) atoms. The summed E-state index contributed by atoms with van der Waals surface area (Å²) in [7, 11) is -4.83. The van der Waals surface area contributed by atoms with Gasteiger partial charge < -0.3 is 4.74 Å². The van der Waals surface area contributed by atoms with Gasteiger partial charge >= 0.3 is 17.4 Å². The Labute approximate surface area is 138 Å². The zero-order chi connectivity index (χ0) is 18.8. The van der Waals surface area contributed by atoms with Crippen LogP contribution in [0.25, 0.3) is 0 Å². The van der Waals surface area contributed by atoms with Crippen molar-refractivity contribution in [1.29, 1.82) is 0 Å². The lowest BCUT2D eigenvalue weighted by Crippen LogP contribution is -2.13. The molecule has 0 bridgehead atoms. The molecule has 0 heterocycles. The van der Waals surface area contributed by atoms with Gasteiger partial charge in [0.15, 0.2) is 0 Å². The lowest BCUT2D eigenvalue weighted by atomic mass is 10.2. The summed E-state index contributed by atoms with van der Waals surface area (Å²) in [5.74, 6) is -6.32. The highest BCUT2D eigenvalue weighted by Crippen LogP contribution is 2.28. The second kappa shape index (κ2) is 6.89. The van der Waals surface area contributed by atoms with E-state index in [-0.39, 0.29) is 5.56 Å². The maximum atomic E-state index is 13.2. The molecule has 0 amide bonds. The summed E-state index contributed by atoms with van der Waals surface area (Å²) in [5.41, 5.74) is -0.932. The van der Waals surface area contributed by atoms with Crippen molar-refractivity contribution in [2.24, 2.45) is 0 Å². The van der Waals surface area contributed by atoms with Crippen LogP contribution in [0.4, 0.5) is 18.9 Å². The topological polar surface area (TPSA) is 104 Å². The molecule has 0 aromatic heterocycles. The normalized spacial score (nSPS) is 11.4. The number of nitro groups is 1. The van der Waals surface area contributed by atoms with E-state index in [0.29, 0.717) is 6.07 Å². The molecule has 0 aliphatic heterocycles. The lowest BCUT2D eigenvalue weighted by molar-refractivity contribution is -0.385. The molecule has 0 saturated carbocycles. The number of sulfone groups is 1. The molecule has 11 heteroatoms. The molecular formula is C14H8F3NO6S. The molecule has 0 unspecified atom stereocenters. The van der Waals surface area contributed by atoms with E-state index in [0.717, 1.165) is 36.4 Å². The molecule has 0 saturated heterocycles. The fourth-order valence-electron chi connectivity index (χ4n) is 1.76. The van der Waals surface area contributed by atoms with E-state index in [2.05, 4.69) is 0 Å². The highest BCUT2D eigenvalue weighted by molar-refractivity contribution is 7.91. The number of benzene rings is 2. The standard InChI is InChI=1S/C14H8F3NO6S/c15-9-3-6-11(18(20)21)12(7-9)24-13(19)8-1-4-10(5-2-8)25(22,23)14(16)17/h1-7,14H. The predicted octanol–water partition coefficient (Wildman–Crippen LogP) is 2.95. The van der Waals surface area contributed by atoms with E-state index < -0.39 is 48.6 Å². The van der Waals surface area contributed by atoms with Crippen molar-refractivity contribution in [3.05, 3.63) is 64.0 Å². The third-order valence-corrected chi connectivity index (χ3v) is 4.37. The first kappa shape index (κ1) is 18.4. The number of ether oxygens (including phenoxy) is 1. The van der Waals surface area contributed by atoms with E-state index >= 15 is 0 Å². The summed E-state index contributed by atoms with van der Waals surface area (Å²) in [6, 6.07) is 5.54. The third kappa shape index (κ3) is 3.94. The molecule has 132 valence electrons. The number of rotatable bonds is 5. The molecule has 7 nitrogen and oxygen atoms in total. The summed E-state index contributed by atoms with van der Waals surface area (Å²) in [6.45, 7) is 0. The minimum atomic E-state index is -4.83. The Hall–Kier alpha value is -2.95. The first-order chi connectivity index (χ1) is 11.6. The van der Waals surface area contributed by atoms with Crippen molar-refractivity contribution in [3.8, 4) is 5.75 Å². The average molecular weight is 375 g/mol. The summed E-state index contributed by atoms with van der Waals surface area (Å²) in [4.78, 5) is 21.2. The number of carbonyl (C=O) groups excluding carboxylic acids is 1. The van der Waals surface area contributed by atoms with Crippen molar-refractivity contribution in [2.75, 3.05) is 0 Å². The van der Waals surface area contributed by atoms with Gasteiger partial charge in [-0.2, -0.15) is 8.78 Å². The molecule has 0 spiro atoms. The molecule has 0 fully saturated rings. The van der Waals surface area contributed by atoms with E-state index in [1.807, 2.05) is 0 Å². The molecule has 0 atom stereocenters. The molecule has 0 radical (unpaired) electrons. The molecule has 0 N–H and O–H groups in total. The van der Waals surface area contributed by atoms with E-state index in [1.165, 1.54) is 0 Å². The van der Waals surface area contributed by atoms with Crippen LogP contribution < -0.4 is 4.74 Å². The van der Waals surface area contributed by atoms with E-state index in [9.17, 15) is 36.5 Å². The zero-order valence-corrected chi connectivity index (χ0v) is 12.9. The van der Waals surface area contributed by atoms with Crippen molar-refractivity contribution in [1.82, 2.24) is 0 Å². The van der Waals surface area contributed by atoms with E-state index in [4.69, 9.17) is 4.74 Å². The molecule has 0 aliphatic rings. The Kier molecular flexibility index (Phi) is 5.07.